The van der Waals surface area contributed by atoms with Gasteiger partial charge in [0.15, 0.2) is 0 Å². The Hall–Kier alpha value is -2.50. The second-order valence-electron chi connectivity index (χ2n) is 12.4. The summed E-state index contributed by atoms with van der Waals surface area (Å²) in [4.78, 5) is 4.74. The predicted molar refractivity (Wildman–Crippen MR) is 177 cm³/mol. The number of aromatic nitrogens is 1. The van der Waals surface area contributed by atoms with Gasteiger partial charge in [-0.3, -0.25) is 0 Å². The molecule has 3 aliphatic rings. The maximum Gasteiger partial charge on any atom is 0.0440 e. The molecule has 4 rings (SSSR count). The van der Waals surface area contributed by atoms with E-state index < -0.39 is 0 Å². The minimum Gasteiger partial charge on any atom is -0.374 e. The van der Waals surface area contributed by atoms with Crippen LogP contribution in [0, 0.1) is 5.92 Å². The van der Waals surface area contributed by atoms with Crippen molar-refractivity contribution in [2.75, 3.05) is 40.3 Å². The van der Waals surface area contributed by atoms with Crippen molar-refractivity contribution in [3.63, 3.8) is 0 Å². The molecule has 41 heavy (non-hydrogen) atoms. The van der Waals surface area contributed by atoms with Gasteiger partial charge in [-0.2, -0.15) is 0 Å². The summed E-state index contributed by atoms with van der Waals surface area (Å²) in [6.07, 6.45) is 31.9. The van der Waals surface area contributed by atoms with E-state index in [9.17, 15) is 0 Å². The van der Waals surface area contributed by atoms with E-state index in [2.05, 4.69) is 102 Å². The van der Waals surface area contributed by atoms with Crippen LogP contribution < -0.4 is 21.2 Å². The van der Waals surface area contributed by atoms with E-state index >= 15 is 0 Å². The van der Waals surface area contributed by atoms with Gasteiger partial charge in [0.05, 0.1) is 0 Å². The van der Waals surface area contributed by atoms with Crippen LogP contribution in [-0.4, -0.2) is 60.7 Å². The first-order valence-electron chi connectivity index (χ1n) is 16.4. The fraction of sp³-hybridized carbons (Fsp3) is 0.611. The van der Waals surface area contributed by atoms with Gasteiger partial charge in [0.25, 0.3) is 0 Å². The molecule has 2 fully saturated rings. The molecule has 1 aromatic heterocycles. The Morgan fingerprint density at radius 3 is 2.46 bits per heavy atom. The lowest BCUT2D eigenvalue weighted by atomic mass is 9.90. The van der Waals surface area contributed by atoms with E-state index in [0.29, 0.717) is 12.0 Å². The highest BCUT2D eigenvalue weighted by atomic mass is 15.1. The van der Waals surface area contributed by atoms with Gasteiger partial charge in [0.1, 0.15) is 0 Å². The minimum atomic E-state index is 0.433. The second-order valence-corrected chi connectivity index (χ2v) is 12.4. The van der Waals surface area contributed by atoms with Gasteiger partial charge in [0, 0.05) is 56.5 Å². The molecule has 226 valence electrons. The molecule has 1 aromatic rings. The van der Waals surface area contributed by atoms with E-state index in [4.69, 9.17) is 0 Å². The Morgan fingerprint density at radius 2 is 1.76 bits per heavy atom. The maximum atomic E-state index is 3.99. The molecule has 0 aromatic carbocycles. The predicted octanol–water partition coefficient (Wildman–Crippen LogP) is 5.52. The number of hydrogen-bond acceptors (Lipinski definition) is 4. The summed E-state index contributed by atoms with van der Waals surface area (Å²) in [6, 6.07) is 0.433. The van der Waals surface area contributed by atoms with E-state index in [1.807, 2.05) is 6.20 Å². The van der Waals surface area contributed by atoms with Gasteiger partial charge in [-0.25, -0.2) is 0 Å². The normalized spacial score (nSPS) is 22.8. The van der Waals surface area contributed by atoms with Crippen molar-refractivity contribution in [3.8, 4) is 0 Å². The van der Waals surface area contributed by atoms with Crippen molar-refractivity contribution >= 4 is 12.2 Å². The molecule has 5 heteroatoms. The number of nitrogens with zero attached hydrogens (tertiary/aromatic N) is 3. The Balaban J connectivity index is 1.48. The third-order valence-corrected chi connectivity index (χ3v) is 9.75. The highest BCUT2D eigenvalue weighted by Gasteiger charge is 2.20. The summed E-state index contributed by atoms with van der Waals surface area (Å²) in [6.45, 7) is 10.9. The highest BCUT2D eigenvalue weighted by molar-refractivity contribution is 5.41. The molecule has 2 saturated heterocycles. The Kier molecular flexibility index (Phi) is 12.4. The van der Waals surface area contributed by atoms with Gasteiger partial charge in [0.2, 0.25) is 0 Å². The number of piperidine rings is 2. The molecule has 2 N–H and O–H groups in total. The molecule has 0 spiro atoms. The summed E-state index contributed by atoms with van der Waals surface area (Å²) in [5, 5.41) is 9.90. The monoisotopic (exact) mass is 559 g/mol. The smallest absolute Gasteiger partial charge is 0.0440 e. The quantitative estimate of drug-likeness (QED) is 0.312. The van der Waals surface area contributed by atoms with Crippen LogP contribution in [0.4, 0.5) is 0 Å². The topological polar surface area (TPSA) is 35.5 Å². The lowest BCUT2D eigenvalue weighted by Gasteiger charge is -2.32. The fourth-order valence-electron chi connectivity index (χ4n) is 6.95. The summed E-state index contributed by atoms with van der Waals surface area (Å²) >= 11 is 0. The molecule has 0 amide bonds. The average molecular weight is 560 g/mol. The molecule has 0 bridgehead atoms. The lowest BCUT2D eigenvalue weighted by Crippen LogP contribution is -2.34. The molecule has 0 saturated carbocycles. The Labute approximate surface area is 250 Å². The van der Waals surface area contributed by atoms with Crippen LogP contribution in [0.15, 0.2) is 54.7 Å². The van der Waals surface area contributed by atoms with E-state index in [0.717, 1.165) is 51.1 Å². The van der Waals surface area contributed by atoms with Crippen molar-refractivity contribution in [1.82, 2.24) is 25.0 Å². The molecule has 3 heterocycles. The van der Waals surface area contributed by atoms with Gasteiger partial charge in [-0.1, -0.05) is 50.0 Å². The second kappa shape index (κ2) is 16.2. The van der Waals surface area contributed by atoms with Crippen molar-refractivity contribution in [3.05, 3.63) is 70.8 Å². The van der Waals surface area contributed by atoms with Crippen molar-refractivity contribution in [1.29, 1.82) is 0 Å². The summed E-state index contributed by atoms with van der Waals surface area (Å²) in [5.41, 5.74) is 4.34. The number of rotatable bonds is 13. The van der Waals surface area contributed by atoms with Crippen LogP contribution in [0.25, 0.3) is 12.2 Å². The van der Waals surface area contributed by atoms with Gasteiger partial charge in [-0.05, 0) is 119 Å². The van der Waals surface area contributed by atoms with E-state index in [1.165, 1.54) is 73.6 Å². The zero-order chi connectivity index (χ0) is 29.0. The van der Waals surface area contributed by atoms with E-state index in [1.54, 1.807) is 5.56 Å². The number of aryl methyl sites for hydroxylation is 1. The summed E-state index contributed by atoms with van der Waals surface area (Å²) < 4.78 is 2.37. The number of fused-ring (bicyclic) bond motifs is 1. The molecule has 2 aliphatic heterocycles. The van der Waals surface area contributed by atoms with Gasteiger partial charge >= 0.3 is 0 Å². The molecule has 1 unspecified atom stereocenters. The van der Waals surface area contributed by atoms with Gasteiger partial charge in [-0.15, -0.1) is 0 Å². The van der Waals surface area contributed by atoms with Crippen LogP contribution in [0.1, 0.15) is 89.0 Å². The van der Waals surface area contributed by atoms with Crippen LogP contribution >= 0.6 is 0 Å². The zero-order valence-electron chi connectivity index (χ0n) is 26.5. The molecular weight excluding hydrogens is 502 g/mol. The molecule has 1 aliphatic carbocycles. The first-order valence-corrected chi connectivity index (χ1v) is 16.4. The third kappa shape index (κ3) is 8.75. The maximum absolute atomic E-state index is 3.99. The highest BCUT2D eigenvalue weighted by Crippen LogP contribution is 2.24. The third-order valence-electron chi connectivity index (χ3n) is 9.75. The summed E-state index contributed by atoms with van der Waals surface area (Å²) in [7, 11) is 6.66. The zero-order valence-corrected chi connectivity index (χ0v) is 26.5. The minimum absolute atomic E-state index is 0.433. The SMILES string of the molecule is C=CN(C)/C(=C/CC(C/C=C/CCC1CCNCC1)N(C)/C1=C/C/C=c2/c(C3CCNCC3)cn(C)/c2=C/C1)CC. The average Bonchev–Trinajstić information content (AvgIpc) is 3.30. The van der Waals surface area contributed by atoms with Crippen molar-refractivity contribution < 1.29 is 0 Å². The number of hydrogen-bond donors (Lipinski definition) is 2. The first kappa shape index (κ1) is 31.4. The van der Waals surface area contributed by atoms with Crippen molar-refractivity contribution in [2.45, 2.75) is 89.5 Å². The van der Waals surface area contributed by atoms with Crippen LogP contribution in [0.3, 0.4) is 0 Å². The Bertz CT molecular complexity index is 1170. The van der Waals surface area contributed by atoms with E-state index in [-0.39, 0.29) is 0 Å². The van der Waals surface area contributed by atoms with Crippen LogP contribution in [0.2, 0.25) is 0 Å². The molecule has 1 atom stereocenters. The van der Waals surface area contributed by atoms with Crippen molar-refractivity contribution in [2.24, 2.45) is 13.0 Å². The van der Waals surface area contributed by atoms with Crippen LogP contribution in [0.5, 0.6) is 0 Å². The lowest BCUT2D eigenvalue weighted by molar-refractivity contribution is 0.299. The summed E-state index contributed by atoms with van der Waals surface area (Å²) in [5.74, 6) is 1.58. The first-order chi connectivity index (χ1) is 20.0. The fourth-order valence-corrected chi connectivity index (χ4v) is 6.95. The van der Waals surface area contributed by atoms with Crippen LogP contribution in [-0.2, 0) is 7.05 Å². The molecule has 5 nitrogen and oxygen atoms in total. The Morgan fingerprint density at radius 1 is 1.02 bits per heavy atom. The molecule has 0 radical (unpaired) electrons. The molecular formula is C36H57N5. The number of nitrogens with one attached hydrogen (secondary N) is 2. The standard InChI is InChI=1S/C36H57N5/c1-6-31(39(3)7-2)16-17-32(13-10-8-9-12-29-20-24-37-25-21-29)41(5)33-14-11-15-34-35(30-22-26-38-27-23-30)28-40(4)36(34)19-18-33/h7-8,10,14-16,19,28-30,32,37-38H,2,6,9,11-13,17-18,20-27H2,1,3-5H3/b10-8+,31-16+,33-14+,34-15-,36-19+. The van der Waals surface area contributed by atoms with Gasteiger partial charge < -0.3 is 25.0 Å². The largest absolute Gasteiger partial charge is 0.374 e. The number of allylic oxidation sites excluding steroid dienone is 4.